The van der Waals surface area contributed by atoms with E-state index in [0.717, 1.165) is 47.8 Å². The van der Waals surface area contributed by atoms with Crippen LogP contribution in [0.2, 0.25) is 0 Å². The Morgan fingerprint density at radius 3 is 2.77 bits per heavy atom. The smallest absolute Gasteiger partial charge is 0.352 e. The summed E-state index contributed by atoms with van der Waals surface area (Å²) in [6, 6.07) is 9.92. The quantitative estimate of drug-likeness (QED) is 0.476. The molecule has 5 rings (SSSR count). The van der Waals surface area contributed by atoms with Gasteiger partial charge in [0.05, 0.1) is 31.2 Å². The minimum absolute atomic E-state index is 0.147. The number of nitrogens with zero attached hydrogens (tertiary/aromatic N) is 5. The molecule has 0 bridgehead atoms. The lowest BCUT2D eigenvalue weighted by Gasteiger charge is -2.37. The number of aromatic nitrogens is 4. The summed E-state index contributed by atoms with van der Waals surface area (Å²) < 4.78 is 14.3. The Morgan fingerprint density at radius 1 is 1.23 bits per heavy atom. The van der Waals surface area contributed by atoms with Gasteiger partial charge in [0.2, 0.25) is 0 Å². The first kappa shape index (κ1) is 20.2. The molecule has 4 heterocycles. The molecule has 1 saturated heterocycles. The summed E-state index contributed by atoms with van der Waals surface area (Å²) in [7, 11) is 1.64. The summed E-state index contributed by atoms with van der Waals surface area (Å²) in [5, 5.41) is 5.13. The van der Waals surface area contributed by atoms with Gasteiger partial charge in [0, 0.05) is 24.5 Å². The van der Waals surface area contributed by atoms with Crippen molar-refractivity contribution >= 4 is 27.2 Å². The Kier molecular flexibility index (Phi) is 5.04. The van der Waals surface area contributed by atoms with E-state index in [4.69, 9.17) is 9.47 Å². The average molecular weight is 440 g/mol. The second-order valence-corrected chi connectivity index (χ2v) is 9.58. The fourth-order valence-corrected chi connectivity index (χ4v) is 5.34. The van der Waals surface area contributed by atoms with Crippen molar-refractivity contribution in [2.75, 3.05) is 26.8 Å². The third-order valence-corrected chi connectivity index (χ3v) is 6.74. The molecule has 0 saturated carbocycles. The van der Waals surface area contributed by atoms with Crippen LogP contribution in [0.15, 0.2) is 41.5 Å². The van der Waals surface area contributed by atoms with Crippen LogP contribution in [0.5, 0.6) is 5.75 Å². The van der Waals surface area contributed by atoms with Crippen molar-refractivity contribution in [2.45, 2.75) is 32.5 Å². The van der Waals surface area contributed by atoms with Gasteiger partial charge in [-0.05, 0) is 37.6 Å². The fraction of sp³-hybridized carbons (Fsp3) is 0.409. The summed E-state index contributed by atoms with van der Waals surface area (Å²) in [5.41, 5.74) is 1.30. The molecule has 162 valence electrons. The molecule has 0 spiro atoms. The van der Waals surface area contributed by atoms with E-state index in [0.29, 0.717) is 12.2 Å². The normalized spacial score (nSPS) is 16.9. The summed E-state index contributed by atoms with van der Waals surface area (Å²) >= 11 is 1.65. The van der Waals surface area contributed by atoms with Gasteiger partial charge in [-0.3, -0.25) is 9.47 Å². The SMILES string of the molecule is COc1ccc(Cn2c(=O)n3ncnc3c3cc(CN4CCOC(C)(C)C4)sc32)cc1. The number of hydrogen-bond acceptors (Lipinski definition) is 7. The highest BCUT2D eigenvalue weighted by atomic mass is 32.1. The van der Waals surface area contributed by atoms with Crippen molar-refractivity contribution in [1.82, 2.24) is 24.1 Å². The van der Waals surface area contributed by atoms with Crippen LogP contribution in [0.25, 0.3) is 15.9 Å². The minimum atomic E-state index is -0.184. The van der Waals surface area contributed by atoms with Gasteiger partial charge in [-0.2, -0.15) is 9.61 Å². The highest BCUT2D eigenvalue weighted by Gasteiger charge is 2.27. The van der Waals surface area contributed by atoms with Gasteiger partial charge in [0.25, 0.3) is 0 Å². The van der Waals surface area contributed by atoms with E-state index in [9.17, 15) is 4.79 Å². The predicted octanol–water partition coefficient (Wildman–Crippen LogP) is 2.77. The summed E-state index contributed by atoms with van der Waals surface area (Å²) in [6.07, 6.45) is 1.44. The van der Waals surface area contributed by atoms with Gasteiger partial charge in [-0.1, -0.05) is 12.1 Å². The lowest BCUT2D eigenvalue weighted by Crippen LogP contribution is -2.47. The van der Waals surface area contributed by atoms with Crippen LogP contribution in [-0.4, -0.2) is 56.5 Å². The van der Waals surface area contributed by atoms with Crippen LogP contribution in [-0.2, 0) is 17.8 Å². The van der Waals surface area contributed by atoms with Crippen LogP contribution >= 0.6 is 11.3 Å². The number of rotatable bonds is 5. The molecule has 0 aliphatic carbocycles. The summed E-state index contributed by atoms with van der Waals surface area (Å²) in [4.78, 5) is 22.1. The Hall–Kier alpha value is -2.75. The molecule has 0 amide bonds. The highest BCUT2D eigenvalue weighted by molar-refractivity contribution is 7.18. The monoisotopic (exact) mass is 439 g/mol. The predicted molar refractivity (Wildman–Crippen MR) is 120 cm³/mol. The second kappa shape index (κ2) is 7.74. The molecule has 0 atom stereocenters. The van der Waals surface area contributed by atoms with Crippen molar-refractivity contribution in [3.05, 3.63) is 57.6 Å². The van der Waals surface area contributed by atoms with Crippen LogP contribution < -0.4 is 10.4 Å². The van der Waals surface area contributed by atoms with E-state index in [1.165, 1.54) is 15.7 Å². The Balaban J connectivity index is 1.55. The molecule has 0 N–H and O–H groups in total. The van der Waals surface area contributed by atoms with Gasteiger partial charge < -0.3 is 9.47 Å². The molecular formula is C22H25N5O3S. The molecule has 0 radical (unpaired) electrons. The molecule has 31 heavy (non-hydrogen) atoms. The van der Waals surface area contributed by atoms with Gasteiger partial charge in [0.15, 0.2) is 5.65 Å². The fourth-order valence-electron chi connectivity index (χ4n) is 4.16. The molecule has 4 aromatic rings. The number of benzene rings is 1. The summed E-state index contributed by atoms with van der Waals surface area (Å²) in [5.74, 6) is 0.791. The van der Waals surface area contributed by atoms with Crippen LogP contribution in [0, 0.1) is 0 Å². The third-order valence-electron chi connectivity index (χ3n) is 5.59. The second-order valence-electron chi connectivity index (χ2n) is 8.46. The molecule has 8 nitrogen and oxygen atoms in total. The maximum atomic E-state index is 13.2. The number of methoxy groups -OCH3 is 1. The van der Waals surface area contributed by atoms with E-state index >= 15 is 0 Å². The first-order valence-electron chi connectivity index (χ1n) is 10.3. The molecule has 3 aromatic heterocycles. The lowest BCUT2D eigenvalue weighted by molar-refractivity contribution is -0.0880. The number of morpholine rings is 1. The molecule has 1 fully saturated rings. The Bertz CT molecular complexity index is 1290. The van der Waals surface area contributed by atoms with E-state index in [-0.39, 0.29) is 11.3 Å². The number of fused-ring (bicyclic) bond motifs is 3. The first-order chi connectivity index (χ1) is 14.9. The maximum absolute atomic E-state index is 13.2. The van der Waals surface area contributed by atoms with Crippen molar-refractivity contribution in [3.8, 4) is 5.75 Å². The van der Waals surface area contributed by atoms with Crippen molar-refractivity contribution in [3.63, 3.8) is 0 Å². The molecular weight excluding hydrogens is 414 g/mol. The molecule has 1 aromatic carbocycles. The maximum Gasteiger partial charge on any atom is 0.352 e. The number of ether oxygens (including phenoxy) is 2. The van der Waals surface area contributed by atoms with Crippen LogP contribution in [0.4, 0.5) is 0 Å². The highest BCUT2D eigenvalue weighted by Crippen LogP contribution is 2.30. The standard InChI is InChI=1S/C22H25N5O3S/c1-22(2)13-25(8-9-30-22)12-17-10-18-19-23-14-24-27(19)21(28)26(20(18)31-17)11-15-4-6-16(29-3)7-5-15/h4-7,10,14H,8-9,11-13H2,1-3H3. The van der Waals surface area contributed by atoms with Crippen LogP contribution in [0.3, 0.4) is 0 Å². The van der Waals surface area contributed by atoms with Crippen molar-refractivity contribution in [1.29, 1.82) is 0 Å². The van der Waals surface area contributed by atoms with Crippen LogP contribution in [0.1, 0.15) is 24.3 Å². The molecule has 1 aliphatic rings. The third kappa shape index (κ3) is 3.84. The zero-order valence-corrected chi connectivity index (χ0v) is 18.7. The molecule has 1 aliphatic heterocycles. The largest absolute Gasteiger partial charge is 0.497 e. The summed E-state index contributed by atoms with van der Waals surface area (Å²) in [6.45, 7) is 8.03. The van der Waals surface area contributed by atoms with Crippen molar-refractivity contribution < 1.29 is 9.47 Å². The van der Waals surface area contributed by atoms with Crippen molar-refractivity contribution in [2.24, 2.45) is 0 Å². The van der Waals surface area contributed by atoms with E-state index in [1.54, 1.807) is 23.0 Å². The Morgan fingerprint density at radius 2 is 2.03 bits per heavy atom. The topological polar surface area (TPSA) is 73.9 Å². The number of hydrogen-bond donors (Lipinski definition) is 0. The van der Waals surface area contributed by atoms with Gasteiger partial charge in [-0.25, -0.2) is 9.78 Å². The molecule has 9 heteroatoms. The zero-order chi connectivity index (χ0) is 21.6. The minimum Gasteiger partial charge on any atom is -0.497 e. The first-order valence-corrected chi connectivity index (χ1v) is 11.1. The van der Waals surface area contributed by atoms with E-state index in [2.05, 4.69) is 34.9 Å². The van der Waals surface area contributed by atoms with Gasteiger partial charge >= 0.3 is 5.69 Å². The lowest BCUT2D eigenvalue weighted by atomic mass is 10.1. The average Bonchev–Trinajstić information content (AvgIpc) is 3.38. The Labute approximate surface area is 183 Å². The number of thiophene rings is 1. The van der Waals surface area contributed by atoms with Gasteiger partial charge in [-0.15, -0.1) is 11.3 Å². The van der Waals surface area contributed by atoms with E-state index in [1.807, 2.05) is 24.3 Å². The van der Waals surface area contributed by atoms with Gasteiger partial charge in [0.1, 0.15) is 16.9 Å². The van der Waals surface area contributed by atoms with E-state index < -0.39 is 0 Å². The zero-order valence-electron chi connectivity index (χ0n) is 17.9. The molecule has 0 unspecified atom stereocenters.